The van der Waals surface area contributed by atoms with Gasteiger partial charge in [0, 0.05) is 19.3 Å². The molecule has 0 fully saturated rings. The van der Waals surface area contributed by atoms with Gasteiger partial charge in [-0.1, -0.05) is 110 Å². The van der Waals surface area contributed by atoms with Crippen LogP contribution in [0.3, 0.4) is 0 Å². The Balaban J connectivity index is 3.92. The van der Waals surface area contributed by atoms with Crippen molar-refractivity contribution in [2.24, 2.45) is 0 Å². The number of esters is 2. The third-order valence-corrected chi connectivity index (χ3v) is 9.07. The van der Waals surface area contributed by atoms with E-state index in [4.69, 9.17) is 4.55 Å². The molecule has 0 unspecified atom stereocenters. The van der Waals surface area contributed by atoms with Crippen molar-refractivity contribution in [3.05, 3.63) is 0 Å². The zero-order valence-corrected chi connectivity index (χ0v) is 29.2. The molecule has 0 saturated carbocycles. The minimum Gasteiger partial charge on any atom is -0.439 e. The minimum absolute atomic E-state index is 0.0741. The van der Waals surface area contributed by atoms with E-state index in [0.29, 0.717) is 32.6 Å². The summed E-state index contributed by atoms with van der Waals surface area (Å²) in [4.78, 5) is 23.5. The molecule has 0 atom stereocenters. The van der Waals surface area contributed by atoms with Crippen molar-refractivity contribution in [1.82, 2.24) is 0 Å². The fourth-order valence-electron chi connectivity index (χ4n) is 5.33. The van der Waals surface area contributed by atoms with Crippen LogP contribution in [0.2, 0.25) is 0 Å². The number of hydrogen-bond donors (Lipinski definition) is 1. The molecule has 304 valence electrons. The third kappa shape index (κ3) is 17.6. The molecule has 20 heteroatoms. The maximum absolute atomic E-state index is 13.2. The molecule has 51 heavy (non-hydrogen) atoms. The standard InChI is InChI=1S/C31H48F12O7S/c1-2-26(28(32,33)34,29(35,36)37)49-24(44)21-19-17-15-13-11-9-7-5-3-4-6-8-10-12-14-16-18-20-22-25(45)50-27(30(38,39)40,31(41,42)43)23-51(46,47)48/h2-23H2,1H3,(H,46,47,48). The van der Waals surface area contributed by atoms with Gasteiger partial charge < -0.3 is 9.47 Å². The summed E-state index contributed by atoms with van der Waals surface area (Å²) in [6, 6.07) is 0. The molecule has 0 aliphatic carbocycles. The minimum atomic E-state index is -6.35. The van der Waals surface area contributed by atoms with Crippen molar-refractivity contribution in [1.29, 1.82) is 0 Å². The Morgan fingerprint density at radius 3 is 0.863 bits per heavy atom. The summed E-state index contributed by atoms with van der Waals surface area (Å²) >= 11 is 0. The Morgan fingerprint density at radius 2 is 0.667 bits per heavy atom. The van der Waals surface area contributed by atoms with E-state index in [1.165, 1.54) is 0 Å². The Bertz CT molecular complexity index is 1090. The van der Waals surface area contributed by atoms with Crippen molar-refractivity contribution in [2.45, 2.75) is 178 Å². The number of halogens is 12. The number of unbranched alkanes of at least 4 members (excludes halogenated alkanes) is 17. The number of ether oxygens (including phenoxy) is 2. The molecular formula is C31H48F12O7S. The lowest BCUT2D eigenvalue weighted by atomic mass is 9.98. The van der Waals surface area contributed by atoms with Gasteiger partial charge in [0.15, 0.2) is 0 Å². The molecule has 0 amide bonds. The second kappa shape index (κ2) is 21.6. The summed E-state index contributed by atoms with van der Waals surface area (Å²) in [5.41, 5.74) is -9.89. The van der Waals surface area contributed by atoms with E-state index in [9.17, 15) is 70.7 Å². The molecule has 0 radical (unpaired) electrons. The highest BCUT2D eigenvalue weighted by atomic mass is 32.2. The topological polar surface area (TPSA) is 107 Å². The van der Waals surface area contributed by atoms with Crippen LogP contribution in [0.15, 0.2) is 0 Å². The van der Waals surface area contributed by atoms with E-state index in [2.05, 4.69) is 9.47 Å². The Morgan fingerprint density at radius 1 is 0.451 bits per heavy atom. The van der Waals surface area contributed by atoms with Gasteiger partial charge in [-0.2, -0.15) is 61.1 Å². The van der Waals surface area contributed by atoms with Crippen LogP contribution >= 0.6 is 0 Å². The van der Waals surface area contributed by atoms with E-state index < -0.39 is 83.0 Å². The average Bonchev–Trinajstić information content (AvgIpc) is 2.95. The fraction of sp³-hybridized carbons (Fsp3) is 0.935. The zero-order valence-electron chi connectivity index (χ0n) is 28.4. The number of alkyl halides is 12. The summed E-state index contributed by atoms with van der Waals surface area (Å²) in [5.74, 6) is -6.33. The van der Waals surface area contributed by atoms with E-state index in [0.717, 1.165) is 77.0 Å². The van der Waals surface area contributed by atoms with Crippen LogP contribution in [0.25, 0.3) is 0 Å². The maximum Gasteiger partial charge on any atom is 0.438 e. The van der Waals surface area contributed by atoms with Gasteiger partial charge in [0.05, 0.1) is 0 Å². The molecule has 7 nitrogen and oxygen atoms in total. The van der Waals surface area contributed by atoms with Crippen molar-refractivity contribution >= 4 is 22.1 Å². The van der Waals surface area contributed by atoms with Gasteiger partial charge >= 0.3 is 47.8 Å². The molecule has 0 saturated heterocycles. The van der Waals surface area contributed by atoms with E-state index in [-0.39, 0.29) is 12.8 Å². The second-order valence-corrected chi connectivity index (χ2v) is 14.0. The summed E-state index contributed by atoms with van der Waals surface area (Å²) in [7, 11) is -5.83. The van der Waals surface area contributed by atoms with Gasteiger partial charge in [-0.15, -0.1) is 0 Å². The molecule has 0 aliphatic rings. The first kappa shape index (κ1) is 49.0. The molecule has 0 aromatic rings. The summed E-state index contributed by atoms with van der Waals surface area (Å²) < 4.78 is 195. The smallest absolute Gasteiger partial charge is 0.438 e. The Labute approximate surface area is 290 Å². The van der Waals surface area contributed by atoms with Crippen LogP contribution in [0.4, 0.5) is 52.7 Å². The second-order valence-electron chi connectivity index (χ2n) is 12.5. The third-order valence-electron chi connectivity index (χ3n) is 8.30. The van der Waals surface area contributed by atoms with E-state index >= 15 is 0 Å². The van der Waals surface area contributed by atoms with E-state index in [1.54, 1.807) is 0 Å². The van der Waals surface area contributed by atoms with Gasteiger partial charge in [0.2, 0.25) is 0 Å². The Kier molecular flexibility index (Phi) is 20.8. The van der Waals surface area contributed by atoms with Crippen LogP contribution in [-0.2, 0) is 29.2 Å². The highest BCUT2D eigenvalue weighted by Gasteiger charge is 2.76. The van der Waals surface area contributed by atoms with E-state index in [1.807, 2.05) is 0 Å². The normalized spacial score (nSPS) is 13.8. The molecule has 0 aromatic heterocycles. The number of carbonyl (C=O) groups excluding carboxylic acids is 2. The first-order chi connectivity index (χ1) is 23.3. The SMILES string of the molecule is CCC(OC(=O)CCCCCCCCCCCCCCCCCCCCC(=O)OC(CS(=O)(=O)O)(C(F)(F)F)C(F)(F)F)(C(F)(F)F)C(F)(F)F. The number of carbonyl (C=O) groups is 2. The monoisotopic (exact) mass is 792 g/mol. The molecule has 0 aromatic carbocycles. The molecule has 0 rings (SSSR count). The number of rotatable bonds is 26. The molecule has 0 spiro atoms. The maximum atomic E-state index is 13.2. The number of hydrogen-bond acceptors (Lipinski definition) is 6. The lowest BCUT2D eigenvalue weighted by Gasteiger charge is -2.35. The largest absolute Gasteiger partial charge is 0.439 e. The van der Waals surface area contributed by atoms with Gasteiger partial charge in [0.1, 0.15) is 5.75 Å². The summed E-state index contributed by atoms with van der Waals surface area (Å²) in [6.07, 6.45) is -13.8. The molecule has 0 bridgehead atoms. The highest BCUT2D eigenvalue weighted by Crippen LogP contribution is 2.49. The summed E-state index contributed by atoms with van der Waals surface area (Å²) in [5, 5.41) is 0. The molecule has 0 aliphatic heterocycles. The lowest BCUT2D eigenvalue weighted by Crippen LogP contribution is -2.63. The first-order valence-corrected chi connectivity index (χ1v) is 18.5. The van der Waals surface area contributed by atoms with Crippen molar-refractivity contribution in [3.63, 3.8) is 0 Å². The molecular weight excluding hydrogens is 744 g/mol. The quantitative estimate of drug-likeness (QED) is 0.0402. The highest BCUT2D eigenvalue weighted by molar-refractivity contribution is 7.85. The van der Waals surface area contributed by atoms with Crippen LogP contribution in [0, 0.1) is 0 Å². The van der Waals surface area contributed by atoms with Crippen molar-refractivity contribution in [3.8, 4) is 0 Å². The van der Waals surface area contributed by atoms with Gasteiger partial charge in [0.25, 0.3) is 10.1 Å². The first-order valence-electron chi connectivity index (χ1n) is 16.9. The van der Waals surface area contributed by atoms with Gasteiger partial charge in [-0.25, -0.2) is 0 Å². The molecule has 0 heterocycles. The van der Waals surface area contributed by atoms with Gasteiger partial charge in [-0.3, -0.25) is 14.1 Å². The van der Waals surface area contributed by atoms with Crippen LogP contribution in [0.5, 0.6) is 0 Å². The van der Waals surface area contributed by atoms with Crippen LogP contribution in [0.1, 0.15) is 142 Å². The van der Waals surface area contributed by atoms with Gasteiger partial charge in [-0.05, 0) is 12.8 Å². The van der Waals surface area contributed by atoms with Crippen molar-refractivity contribution in [2.75, 3.05) is 5.75 Å². The summed E-state index contributed by atoms with van der Waals surface area (Å²) in [6.45, 7) is 0.655. The van der Waals surface area contributed by atoms with Crippen molar-refractivity contribution < 1.29 is 84.7 Å². The van der Waals surface area contributed by atoms with Crippen LogP contribution in [-0.4, -0.2) is 66.6 Å². The average molecular weight is 793 g/mol. The fourth-order valence-corrected chi connectivity index (χ4v) is 6.23. The predicted octanol–water partition coefficient (Wildman–Crippen LogP) is 10.9. The molecule has 1 N–H and O–H groups in total. The zero-order chi connectivity index (χ0) is 39.6. The predicted molar refractivity (Wildman–Crippen MR) is 161 cm³/mol. The lowest BCUT2D eigenvalue weighted by molar-refractivity contribution is -0.370. The van der Waals surface area contributed by atoms with Crippen LogP contribution < -0.4 is 0 Å². The Hall–Kier alpha value is -1.99.